The molecule has 114 valence electrons. The Hall–Kier alpha value is -2.08. The van der Waals surface area contributed by atoms with Crippen molar-refractivity contribution in [3.8, 4) is 0 Å². The van der Waals surface area contributed by atoms with Crippen LogP contribution in [0.15, 0.2) is 24.3 Å². The van der Waals surface area contributed by atoms with Gasteiger partial charge in [0, 0.05) is 24.3 Å². The number of piperidine rings is 1. The number of hydrogen-bond acceptors (Lipinski definition) is 3. The van der Waals surface area contributed by atoms with E-state index in [1.807, 2.05) is 11.9 Å². The Bertz CT molecular complexity index is 493. The SMILES string of the molecule is CNCC1CCN(C(=O)c2ccc(NC(N)=O)cc2)CC1. The molecule has 21 heavy (non-hydrogen) atoms. The topological polar surface area (TPSA) is 87.5 Å². The minimum atomic E-state index is -0.610. The van der Waals surface area contributed by atoms with Gasteiger partial charge in [-0.15, -0.1) is 0 Å². The highest BCUT2D eigenvalue weighted by atomic mass is 16.2. The van der Waals surface area contributed by atoms with Gasteiger partial charge in [-0.05, 0) is 56.6 Å². The van der Waals surface area contributed by atoms with Crippen molar-refractivity contribution in [1.82, 2.24) is 10.2 Å². The summed E-state index contributed by atoms with van der Waals surface area (Å²) in [6.07, 6.45) is 2.07. The second kappa shape index (κ2) is 7.08. The first-order valence-electron chi connectivity index (χ1n) is 7.20. The van der Waals surface area contributed by atoms with Crippen molar-refractivity contribution in [3.63, 3.8) is 0 Å². The van der Waals surface area contributed by atoms with Gasteiger partial charge in [0.2, 0.25) is 0 Å². The molecule has 4 N–H and O–H groups in total. The molecule has 1 heterocycles. The van der Waals surface area contributed by atoms with E-state index in [2.05, 4.69) is 10.6 Å². The second-order valence-electron chi connectivity index (χ2n) is 5.36. The number of benzene rings is 1. The number of likely N-dealkylation sites (tertiary alicyclic amines) is 1. The highest BCUT2D eigenvalue weighted by Gasteiger charge is 2.23. The largest absolute Gasteiger partial charge is 0.351 e. The Morgan fingerprint density at radius 2 is 1.86 bits per heavy atom. The van der Waals surface area contributed by atoms with E-state index in [-0.39, 0.29) is 5.91 Å². The normalized spacial score (nSPS) is 15.8. The van der Waals surface area contributed by atoms with Gasteiger partial charge in [-0.1, -0.05) is 0 Å². The summed E-state index contributed by atoms with van der Waals surface area (Å²) in [6.45, 7) is 2.61. The summed E-state index contributed by atoms with van der Waals surface area (Å²) in [5.74, 6) is 0.699. The lowest BCUT2D eigenvalue weighted by Crippen LogP contribution is -2.40. The van der Waals surface area contributed by atoms with E-state index in [9.17, 15) is 9.59 Å². The van der Waals surface area contributed by atoms with Crippen molar-refractivity contribution in [3.05, 3.63) is 29.8 Å². The molecule has 1 aromatic carbocycles. The standard InChI is InChI=1S/C15H22N4O2/c1-17-10-11-6-8-19(9-7-11)14(20)12-2-4-13(5-3-12)18-15(16)21/h2-5,11,17H,6-10H2,1H3,(H3,16,18,21). The fraction of sp³-hybridized carbons (Fsp3) is 0.467. The van der Waals surface area contributed by atoms with Crippen LogP contribution in [0.4, 0.5) is 10.5 Å². The van der Waals surface area contributed by atoms with Crippen molar-refractivity contribution in [2.75, 3.05) is 32.0 Å². The van der Waals surface area contributed by atoms with Gasteiger partial charge in [0.25, 0.3) is 5.91 Å². The van der Waals surface area contributed by atoms with Gasteiger partial charge in [-0.2, -0.15) is 0 Å². The van der Waals surface area contributed by atoms with Gasteiger partial charge < -0.3 is 21.3 Å². The summed E-state index contributed by atoms with van der Waals surface area (Å²) >= 11 is 0. The van der Waals surface area contributed by atoms with Gasteiger partial charge in [-0.3, -0.25) is 4.79 Å². The van der Waals surface area contributed by atoms with Crippen LogP contribution in [0.1, 0.15) is 23.2 Å². The molecule has 0 spiro atoms. The van der Waals surface area contributed by atoms with Crippen LogP contribution in [0.2, 0.25) is 0 Å². The summed E-state index contributed by atoms with van der Waals surface area (Å²) < 4.78 is 0. The Balaban J connectivity index is 1.93. The molecular weight excluding hydrogens is 268 g/mol. The fourth-order valence-electron chi connectivity index (χ4n) is 2.65. The first-order chi connectivity index (χ1) is 10.1. The number of primary amides is 1. The Kier molecular flexibility index (Phi) is 5.16. The zero-order chi connectivity index (χ0) is 15.2. The first-order valence-corrected chi connectivity index (χ1v) is 7.20. The number of rotatable bonds is 4. The predicted molar refractivity (Wildman–Crippen MR) is 82.2 cm³/mol. The van der Waals surface area contributed by atoms with E-state index >= 15 is 0 Å². The Labute approximate surface area is 124 Å². The molecule has 0 unspecified atom stereocenters. The van der Waals surface area contributed by atoms with Crippen LogP contribution in [0.5, 0.6) is 0 Å². The Morgan fingerprint density at radius 3 is 2.38 bits per heavy atom. The van der Waals surface area contributed by atoms with Crippen LogP contribution in [0, 0.1) is 5.92 Å². The van der Waals surface area contributed by atoms with Gasteiger partial charge in [0.05, 0.1) is 0 Å². The fourth-order valence-corrected chi connectivity index (χ4v) is 2.65. The van der Waals surface area contributed by atoms with Crippen molar-refractivity contribution in [2.24, 2.45) is 11.7 Å². The highest BCUT2D eigenvalue weighted by molar-refractivity contribution is 5.95. The highest BCUT2D eigenvalue weighted by Crippen LogP contribution is 2.19. The zero-order valence-electron chi connectivity index (χ0n) is 12.3. The number of anilines is 1. The molecule has 0 atom stereocenters. The van der Waals surface area contributed by atoms with Crippen LogP contribution >= 0.6 is 0 Å². The molecular formula is C15H22N4O2. The van der Waals surface area contributed by atoms with Crippen LogP contribution in [0.25, 0.3) is 0 Å². The molecule has 1 aliphatic heterocycles. The molecule has 0 aliphatic carbocycles. The van der Waals surface area contributed by atoms with Gasteiger partial charge in [-0.25, -0.2) is 4.79 Å². The van der Waals surface area contributed by atoms with Crippen molar-refractivity contribution < 1.29 is 9.59 Å². The number of carbonyl (C=O) groups is 2. The zero-order valence-corrected chi connectivity index (χ0v) is 12.3. The number of amides is 3. The molecule has 1 fully saturated rings. The van der Waals surface area contributed by atoms with E-state index in [4.69, 9.17) is 5.73 Å². The molecule has 1 aromatic rings. The maximum Gasteiger partial charge on any atom is 0.316 e. The summed E-state index contributed by atoms with van der Waals surface area (Å²) in [5.41, 5.74) is 6.27. The number of nitrogens with one attached hydrogen (secondary N) is 2. The molecule has 1 saturated heterocycles. The number of carbonyl (C=O) groups excluding carboxylic acids is 2. The van der Waals surface area contributed by atoms with Crippen LogP contribution in [0.3, 0.4) is 0 Å². The molecule has 2 rings (SSSR count). The summed E-state index contributed by atoms with van der Waals surface area (Å²) in [7, 11) is 1.96. The lowest BCUT2D eigenvalue weighted by Gasteiger charge is -2.32. The number of nitrogens with two attached hydrogens (primary N) is 1. The predicted octanol–water partition coefficient (Wildman–Crippen LogP) is 1.25. The smallest absolute Gasteiger partial charge is 0.316 e. The molecule has 0 radical (unpaired) electrons. The third-order valence-corrected chi connectivity index (χ3v) is 3.79. The van der Waals surface area contributed by atoms with Crippen LogP contribution < -0.4 is 16.4 Å². The molecule has 1 aliphatic rings. The van der Waals surface area contributed by atoms with E-state index in [0.29, 0.717) is 17.2 Å². The minimum Gasteiger partial charge on any atom is -0.351 e. The van der Waals surface area contributed by atoms with E-state index in [0.717, 1.165) is 32.5 Å². The van der Waals surface area contributed by atoms with Crippen LogP contribution in [-0.2, 0) is 0 Å². The van der Waals surface area contributed by atoms with E-state index < -0.39 is 6.03 Å². The number of hydrogen-bond donors (Lipinski definition) is 3. The maximum absolute atomic E-state index is 12.4. The second-order valence-corrected chi connectivity index (χ2v) is 5.36. The third-order valence-electron chi connectivity index (χ3n) is 3.79. The van der Waals surface area contributed by atoms with Crippen molar-refractivity contribution in [1.29, 1.82) is 0 Å². The van der Waals surface area contributed by atoms with Crippen molar-refractivity contribution in [2.45, 2.75) is 12.8 Å². The monoisotopic (exact) mass is 290 g/mol. The quantitative estimate of drug-likeness (QED) is 0.780. The van der Waals surface area contributed by atoms with E-state index in [1.54, 1.807) is 24.3 Å². The van der Waals surface area contributed by atoms with Crippen LogP contribution in [-0.4, -0.2) is 43.5 Å². The minimum absolute atomic E-state index is 0.0449. The maximum atomic E-state index is 12.4. The van der Waals surface area contributed by atoms with Gasteiger partial charge >= 0.3 is 6.03 Å². The molecule has 0 aromatic heterocycles. The molecule has 6 heteroatoms. The lowest BCUT2D eigenvalue weighted by atomic mass is 9.96. The summed E-state index contributed by atoms with van der Waals surface area (Å²) in [4.78, 5) is 25.0. The van der Waals surface area contributed by atoms with Gasteiger partial charge in [0.1, 0.15) is 0 Å². The van der Waals surface area contributed by atoms with Gasteiger partial charge in [0.15, 0.2) is 0 Å². The molecule has 3 amide bonds. The third kappa shape index (κ3) is 4.19. The number of nitrogens with zero attached hydrogens (tertiary/aromatic N) is 1. The molecule has 0 bridgehead atoms. The summed E-state index contributed by atoms with van der Waals surface area (Å²) in [6, 6.07) is 6.19. The number of urea groups is 1. The van der Waals surface area contributed by atoms with E-state index in [1.165, 1.54) is 0 Å². The van der Waals surface area contributed by atoms with Crippen molar-refractivity contribution >= 4 is 17.6 Å². The molecule has 6 nitrogen and oxygen atoms in total. The summed E-state index contributed by atoms with van der Waals surface area (Å²) in [5, 5.41) is 5.66. The lowest BCUT2D eigenvalue weighted by molar-refractivity contribution is 0.0691. The average molecular weight is 290 g/mol. The first kappa shape index (κ1) is 15.3. The average Bonchev–Trinajstić information content (AvgIpc) is 2.48. The Morgan fingerprint density at radius 1 is 1.24 bits per heavy atom. The molecule has 0 saturated carbocycles.